The summed E-state index contributed by atoms with van der Waals surface area (Å²) in [5.41, 5.74) is -0.166. The lowest BCUT2D eigenvalue weighted by Crippen LogP contribution is -2.30. The lowest BCUT2D eigenvalue weighted by molar-refractivity contribution is 0.151. The van der Waals surface area contributed by atoms with Crippen molar-refractivity contribution >= 4 is 6.21 Å². The van der Waals surface area contributed by atoms with E-state index in [1.54, 1.807) is 12.1 Å². The summed E-state index contributed by atoms with van der Waals surface area (Å²) < 4.78 is 18.3. The van der Waals surface area contributed by atoms with Gasteiger partial charge in [0.05, 0.1) is 6.61 Å². The molecule has 3 nitrogen and oxygen atoms in total. The molecule has 0 fully saturated rings. The number of hydrogen-bond donors (Lipinski definition) is 1. The Kier molecular flexibility index (Phi) is 4.49. The second-order valence-electron chi connectivity index (χ2n) is 4.78. The van der Waals surface area contributed by atoms with Crippen LogP contribution < -0.4 is 4.74 Å². The summed E-state index contributed by atoms with van der Waals surface area (Å²) in [6.07, 6.45) is 1.48. The molecule has 1 atom stereocenters. The summed E-state index contributed by atoms with van der Waals surface area (Å²) in [4.78, 5) is 0. The van der Waals surface area contributed by atoms with Crippen LogP contribution in [0.3, 0.4) is 0 Å². The van der Waals surface area contributed by atoms with E-state index >= 15 is 0 Å². The number of ether oxygens (including phenoxy) is 1. The van der Waals surface area contributed by atoms with Crippen molar-refractivity contribution in [1.82, 2.24) is 0 Å². The summed E-state index contributed by atoms with van der Waals surface area (Å²) >= 11 is 0. The van der Waals surface area contributed by atoms with Gasteiger partial charge in [-0.15, -0.1) is 5.16 Å². The molecular formula is C13H18FNO2. The minimum Gasteiger partial charge on any atom is -0.493 e. The molecule has 0 aliphatic carbocycles. The number of halogens is 1. The topological polar surface area (TPSA) is 41.8 Å². The summed E-state index contributed by atoms with van der Waals surface area (Å²) in [5, 5.41) is 11.5. The molecule has 1 aromatic carbocycles. The molecule has 1 rings (SSSR count). The smallest absolute Gasteiger partial charge is 0.123 e. The molecule has 0 amide bonds. The van der Waals surface area contributed by atoms with Crippen molar-refractivity contribution in [3.8, 4) is 5.75 Å². The molecule has 0 aliphatic heterocycles. The highest BCUT2D eigenvalue weighted by Gasteiger charge is 2.25. The third-order valence-electron chi connectivity index (χ3n) is 2.95. The Morgan fingerprint density at radius 1 is 1.41 bits per heavy atom. The molecular weight excluding hydrogens is 221 g/mol. The van der Waals surface area contributed by atoms with Gasteiger partial charge in [0.2, 0.25) is 0 Å². The molecule has 17 heavy (non-hydrogen) atoms. The molecule has 0 aromatic heterocycles. The maximum absolute atomic E-state index is 12.7. The number of oxime groups is 1. The molecule has 94 valence electrons. The van der Waals surface area contributed by atoms with Gasteiger partial charge in [-0.2, -0.15) is 0 Å². The zero-order valence-corrected chi connectivity index (χ0v) is 10.4. The first-order valence-electron chi connectivity index (χ1n) is 5.51. The maximum atomic E-state index is 12.7. The van der Waals surface area contributed by atoms with Gasteiger partial charge in [0, 0.05) is 17.5 Å². The van der Waals surface area contributed by atoms with Gasteiger partial charge in [-0.1, -0.05) is 20.8 Å². The van der Waals surface area contributed by atoms with Crippen molar-refractivity contribution in [2.24, 2.45) is 16.5 Å². The van der Waals surface area contributed by atoms with E-state index in [9.17, 15) is 4.39 Å². The van der Waals surface area contributed by atoms with E-state index in [0.29, 0.717) is 12.4 Å². The van der Waals surface area contributed by atoms with Crippen molar-refractivity contribution in [3.05, 3.63) is 30.1 Å². The summed E-state index contributed by atoms with van der Waals surface area (Å²) in [7, 11) is 0. The first kappa shape index (κ1) is 13.5. The summed E-state index contributed by atoms with van der Waals surface area (Å²) in [6.45, 7) is 6.45. The minimum absolute atomic E-state index is 0.0768. The van der Waals surface area contributed by atoms with Gasteiger partial charge in [0.1, 0.15) is 11.6 Å². The van der Waals surface area contributed by atoms with Crippen molar-refractivity contribution in [2.45, 2.75) is 20.8 Å². The molecule has 0 saturated heterocycles. The standard InChI is InChI=1S/C13H18FNO2/c1-10(8-15-16)13(2,3)9-17-12-6-4-11(14)5-7-12/h4-8,10,16H,9H2,1-3H3/b15-8-. The Morgan fingerprint density at radius 3 is 2.53 bits per heavy atom. The average molecular weight is 239 g/mol. The molecule has 0 aliphatic rings. The predicted molar refractivity (Wildman–Crippen MR) is 65.1 cm³/mol. The number of benzene rings is 1. The fourth-order valence-electron chi connectivity index (χ4n) is 1.23. The minimum atomic E-state index is -0.280. The molecule has 0 radical (unpaired) electrons. The van der Waals surface area contributed by atoms with Crippen LogP contribution in [0.15, 0.2) is 29.4 Å². The molecule has 0 spiro atoms. The van der Waals surface area contributed by atoms with Crippen molar-refractivity contribution in [3.63, 3.8) is 0 Å². The van der Waals surface area contributed by atoms with Crippen molar-refractivity contribution < 1.29 is 14.3 Å². The third kappa shape index (κ3) is 4.06. The van der Waals surface area contributed by atoms with Gasteiger partial charge in [0.25, 0.3) is 0 Å². The van der Waals surface area contributed by atoms with Crippen molar-refractivity contribution in [1.29, 1.82) is 0 Å². The maximum Gasteiger partial charge on any atom is 0.123 e. The third-order valence-corrected chi connectivity index (χ3v) is 2.95. The first-order chi connectivity index (χ1) is 7.95. The van der Waals surface area contributed by atoms with Crippen LogP contribution in [-0.4, -0.2) is 18.0 Å². The molecule has 4 heteroatoms. The van der Waals surface area contributed by atoms with Gasteiger partial charge in [-0.05, 0) is 24.3 Å². The quantitative estimate of drug-likeness (QED) is 0.486. The van der Waals surface area contributed by atoms with Crippen LogP contribution >= 0.6 is 0 Å². The van der Waals surface area contributed by atoms with E-state index < -0.39 is 0 Å². The SMILES string of the molecule is CC(/C=N\O)C(C)(C)COc1ccc(F)cc1. The summed E-state index contributed by atoms with van der Waals surface area (Å²) in [5.74, 6) is 0.429. The van der Waals surface area contributed by atoms with E-state index in [1.807, 2.05) is 20.8 Å². The zero-order chi connectivity index (χ0) is 12.9. The van der Waals surface area contributed by atoms with E-state index in [1.165, 1.54) is 18.3 Å². The number of nitrogens with zero attached hydrogens (tertiary/aromatic N) is 1. The van der Waals surface area contributed by atoms with E-state index in [-0.39, 0.29) is 17.2 Å². The summed E-state index contributed by atoms with van der Waals surface area (Å²) in [6, 6.07) is 5.91. The van der Waals surface area contributed by atoms with Crippen LogP contribution in [0.5, 0.6) is 5.75 Å². The van der Waals surface area contributed by atoms with Gasteiger partial charge in [-0.25, -0.2) is 4.39 Å². The average Bonchev–Trinajstić information content (AvgIpc) is 2.29. The highest BCUT2D eigenvalue weighted by molar-refractivity contribution is 5.60. The van der Waals surface area contributed by atoms with Crippen LogP contribution in [0, 0.1) is 17.2 Å². The second-order valence-corrected chi connectivity index (χ2v) is 4.78. The Balaban J connectivity index is 2.57. The number of hydrogen-bond acceptors (Lipinski definition) is 3. The van der Waals surface area contributed by atoms with Crippen LogP contribution in [0.25, 0.3) is 0 Å². The Bertz CT molecular complexity index is 374. The second kappa shape index (κ2) is 5.66. The lowest BCUT2D eigenvalue weighted by Gasteiger charge is -2.28. The lowest BCUT2D eigenvalue weighted by atomic mass is 9.81. The largest absolute Gasteiger partial charge is 0.493 e. The molecule has 1 N–H and O–H groups in total. The molecule has 0 bridgehead atoms. The highest BCUT2D eigenvalue weighted by Crippen LogP contribution is 2.26. The number of rotatable bonds is 5. The fourth-order valence-corrected chi connectivity index (χ4v) is 1.23. The molecule has 1 aromatic rings. The van der Waals surface area contributed by atoms with Crippen LogP contribution in [0.1, 0.15) is 20.8 Å². The Labute approximate surface area is 101 Å². The Hall–Kier alpha value is -1.58. The van der Waals surface area contributed by atoms with Crippen molar-refractivity contribution in [2.75, 3.05) is 6.61 Å². The van der Waals surface area contributed by atoms with Crippen LogP contribution in [0.4, 0.5) is 4.39 Å². The van der Waals surface area contributed by atoms with Gasteiger partial charge in [-0.3, -0.25) is 0 Å². The van der Waals surface area contributed by atoms with E-state index in [4.69, 9.17) is 9.94 Å². The normalized spacial score (nSPS) is 13.9. The monoisotopic (exact) mass is 239 g/mol. The highest BCUT2D eigenvalue weighted by atomic mass is 19.1. The van der Waals surface area contributed by atoms with Crippen LogP contribution in [-0.2, 0) is 0 Å². The molecule has 0 heterocycles. The van der Waals surface area contributed by atoms with Crippen LogP contribution in [0.2, 0.25) is 0 Å². The van der Waals surface area contributed by atoms with Gasteiger partial charge >= 0.3 is 0 Å². The van der Waals surface area contributed by atoms with Gasteiger partial charge < -0.3 is 9.94 Å². The molecule has 0 saturated carbocycles. The molecule has 1 unspecified atom stereocenters. The Morgan fingerprint density at radius 2 is 2.00 bits per heavy atom. The fraction of sp³-hybridized carbons (Fsp3) is 0.462. The van der Waals surface area contributed by atoms with Gasteiger partial charge in [0.15, 0.2) is 0 Å². The predicted octanol–water partition coefficient (Wildman–Crippen LogP) is 3.33. The zero-order valence-electron chi connectivity index (χ0n) is 10.4. The van der Waals surface area contributed by atoms with E-state index in [0.717, 1.165) is 0 Å². The van der Waals surface area contributed by atoms with E-state index in [2.05, 4.69) is 5.16 Å². The first-order valence-corrected chi connectivity index (χ1v) is 5.51.